The Labute approximate surface area is 113 Å². The predicted molar refractivity (Wildman–Crippen MR) is 77.7 cm³/mol. The monoisotopic (exact) mass is 249 g/mol. The summed E-state index contributed by atoms with van der Waals surface area (Å²) in [6, 6.07) is 0.981. The maximum absolute atomic E-state index is 2.89. The van der Waals surface area contributed by atoms with Crippen LogP contribution in [0.1, 0.15) is 71.1 Å². The summed E-state index contributed by atoms with van der Waals surface area (Å²) in [4.78, 5) is 2.89. The number of piperidine rings is 1. The molecule has 0 aromatic carbocycles. The fourth-order valence-corrected chi connectivity index (χ4v) is 5.11. The first kappa shape index (κ1) is 13.0. The molecular formula is C17H31N. The van der Waals surface area contributed by atoms with Gasteiger partial charge in [-0.15, -0.1) is 0 Å². The average molecular weight is 249 g/mol. The minimum atomic E-state index is 0.981. The minimum absolute atomic E-state index is 0.981. The molecule has 0 aromatic heterocycles. The molecule has 2 saturated carbocycles. The summed E-state index contributed by atoms with van der Waals surface area (Å²) >= 11 is 0. The zero-order valence-corrected chi connectivity index (χ0v) is 12.2. The van der Waals surface area contributed by atoms with E-state index in [1.807, 2.05) is 0 Å². The van der Waals surface area contributed by atoms with Crippen molar-refractivity contribution >= 4 is 0 Å². The van der Waals surface area contributed by atoms with Crippen LogP contribution in [0, 0.1) is 17.8 Å². The van der Waals surface area contributed by atoms with Gasteiger partial charge in [0, 0.05) is 6.04 Å². The second-order valence-corrected chi connectivity index (χ2v) is 7.14. The third-order valence-corrected chi connectivity index (χ3v) is 6.05. The second-order valence-electron chi connectivity index (χ2n) is 7.14. The summed E-state index contributed by atoms with van der Waals surface area (Å²) in [7, 11) is 0. The lowest BCUT2D eigenvalue weighted by atomic mass is 9.69. The number of rotatable bonds is 4. The highest BCUT2D eigenvalue weighted by Crippen LogP contribution is 2.48. The Bertz CT molecular complexity index is 262. The van der Waals surface area contributed by atoms with E-state index in [0.29, 0.717) is 0 Å². The Kier molecular flexibility index (Phi) is 4.28. The molecule has 4 unspecified atom stereocenters. The molecule has 3 aliphatic rings. The Morgan fingerprint density at radius 3 is 2.50 bits per heavy atom. The lowest BCUT2D eigenvalue weighted by Crippen LogP contribution is -2.49. The molecule has 104 valence electrons. The van der Waals surface area contributed by atoms with Gasteiger partial charge in [0.05, 0.1) is 0 Å². The highest BCUT2D eigenvalue weighted by atomic mass is 15.2. The van der Waals surface area contributed by atoms with Crippen LogP contribution < -0.4 is 0 Å². The third kappa shape index (κ3) is 2.61. The summed E-state index contributed by atoms with van der Waals surface area (Å²) in [5.74, 6) is 3.31. The summed E-state index contributed by atoms with van der Waals surface area (Å²) in [5, 5.41) is 0. The zero-order valence-electron chi connectivity index (χ0n) is 12.2. The molecule has 1 heterocycles. The van der Waals surface area contributed by atoms with Gasteiger partial charge < -0.3 is 4.90 Å². The van der Waals surface area contributed by atoms with Crippen molar-refractivity contribution in [2.45, 2.75) is 77.2 Å². The number of nitrogens with zero attached hydrogens (tertiary/aromatic N) is 1. The molecule has 18 heavy (non-hydrogen) atoms. The van der Waals surface area contributed by atoms with Gasteiger partial charge in [-0.1, -0.05) is 39.0 Å². The van der Waals surface area contributed by atoms with Crippen molar-refractivity contribution in [1.82, 2.24) is 4.90 Å². The molecule has 0 amide bonds. The van der Waals surface area contributed by atoms with E-state index in [1.54, 1.807) is 25.7 Å². The maximum Gasteiger partial charge on any atom is 0.0126 e. The van der Waals surface area contributed by atoms with Crippen molar-refractivity contribution in [3.63, 3.8) is 0 Å². The number of likely N-dealkylation sites (tertiary alicyclic amines) is 1. The van der Waals surface area contributed by atoms with Gasteiger partial charge in [-0.05, 0) is 62.9 Å². The van der Waals surface area contributed by atoms with E-state index >= 15 is 0 Å². The van der Waals surface area contributed by atoms with Gasteiger partial charge in [-0.3, -0.25) is 0 Å². The van der Waals surface area contributed by atoms with E-state index < -0.39 is 0 Å². The van der Waals surface area contributed by atoms with Gasteiger partial charge in [-0.25, -0.2) is 0 Å². The van der Waals surface area contributed by atoms with Crippen molar-refractivity contribution in [2.24, 2.45) is 17.8 Å². The van der Waals surface area contributed by atoms with E-state index in [0.717, 1.165) is 23.8 Å². The first-order valence-corrected chi connectivity index (χ1v) is 8.62. The highest BCUT2D eigenvalue weighted by Gasteiger charge is 2.42. The molecule has 1 heteroatoms. The summed E-state index contributed by atoms with van der Waals surface area (Å²) in [6.07, 6.45) is 15.0. The van der Waals surface area contributed by atoms with Gasteiger partial charge in [0.25, 0.3) is 0 Å². The van der Waals surface area contributed by atoms with Gasteiger partial charge in [0.15, 0.2) is 0 Å². The summed E-state index contributed by atoms with van der Waals surface area (Å²) in [6.45, 7) is 5.12. The molecule has 4 atom stereocenters. The largest absolute Gasteiger partial charge is 0.300 e. The molecular weight excluding hydrogens is 218 g/mol. The highest BCUT2D eigenvalue weighted by molar-refractivity contribution is 4.95. The normalized spacial score (nSPS) is 40.5. The third-order valence-electron chi connectivity index (χ3n) is 6.05. The Balaban J connectivity index is 1.59. The molecule has 1 aliphatic heterocycles. The van der Waals surface area contributed by atoms with Crippen molar-refractivity contribution in [3.8, 4) is 0 Å². The average Bonchev–Trinajstić information content (AvgIpc) is 2.84. The predicted octanol–water partition coefficient (Wildman–Crippen LogP) is 4.47. The van der Waals surface area contributed by atoms with Crippen LogP contribution in [0.5, 0.6) is 0 Å². The number of fused-ring (bicyclic) bond motifs is 2. The smallest absolute Gasteiger partial charge is 0.0126 e. The second kappa shape index (κ2) is 5.94. The molecule has 2 aliphatic carbocycles. The van der Waals surface area contributed by atoms with Crippen molar-refractivity contribution in [1.29, 1.82) is 0 Å². The lowest BCUT2D eigenvalue weighted by molar-refractivity contribution is 0.0211. The van der Waals surface area contributed by atoms with Crippen LogP contribution in [-0.4, -0.2) is 24.0 Å². The van der Waals surface area contributed by atoms with Crippen molar-refractivity contribution in [2.75, 3.05) is 13.1 Å². The van der Waals surface area contributed by atoms with E-state index in [4.69, 9.17) is 0 Å². The zero-order chi connectivity index (χ0) is 12.4. The molecule has 3 rings (SSSR count). The SMILES string of the molecule is CCCCCN1CCCC2CC3CCCC3CC21. The number of hydrogen-bond donors (Lipinski definition) is 0. The van der Waals surface area contributed by atoms with Crippen LogP contribution in [-0.2, 0) is 0 Å². The quantitative estimate of drug-likeness (QED) is 0.665. The Hall–Kier alpha value is -0.0400. The van der Waals surface area contributed by atoms with Gasteiger partial charge in [-0.2, -0.15) is 0 Å². The Morgan fingerprint density at radius 2 is 1.67 bits per heavy atom. The standard InChI is InChI=1S/C17H31N/c1-2-3-4-10-18-11-6-9-16-12-14-7-5-8-15(14)13-17(16)18/h14-17H,2-13H2,1H3. The van der Waals surface area contributed by atoms with E-state index in [1.165, 1.54) is 51.6 Å². The number of hydrogen-bond acceptors (Lipinski definition) is 1. The van der Waals surface area contributed by atoms with Gasteiger partial charge >= 0.3 is 0 Å². The molecule has 0 radical (unpaired) electrons. The van der Waals surface area contributed by atoms with Crippen LogP contribution >= 0.6 is 0 Å². The van der Waals surface area contributed by atoms with Crippen LogP contribution in [0.15, 0.2) is 0 Å². The fraction of sp³-hybridized carbons (Fsp3) is 1.00. The molecule has 1 nitrogen and oxygen atoms in total. The summed E-state index contributed by atoms with van der Waals surface area (Å²) < 4.78 is 0. The fourth-order valence-electron chi connectivity index (χ4n) is 5.11. The minimum Gasteiger partial charge on any atom is -0.300 e. The number of unbranched alkanes of at least 4 members (excludes halogenated alkanes) is 2. The van der Waals surface area contributed by atoms with Crippen molar-refractivity contribution < 1.29 is 0 Å². The first-order valence-electron chi connectivity index (χ1n) is 8.62. The van der Waals surface area contributed by atoms with Crippen LogP contribution in [0.25, 0.3) is 0 Å². The molecule has 0 aromatic rings. The Morgan fingerprint density at radius 1 is 0.889 bits per heavy atom. The molecule has 3 fully saturated rings. The van der Waals surface area contributed by atoms with Crippen LogP contribution in [0.3, 0.4) is 0 Å². The first-order chi connectivity index (χ1) is 8.88. The van der Waals surface area contributed by atoms with Crippen LogP contribution in [0.4, 0.5) is 0 Å². The lowest BCUT2D eigenvalue weighted by Gasteiger charge is -2.48. The topological polar surface area (TPSA) is 3.24 Å². The molecule has 0 spiro atoms. The molecule has 0 N–H and O–H groups in total. The van der Waals surface area contributed by atoms with E-state index in [2.05, 4.69) is 11.8 Å². The molecule has 1 saturated heterocycles. The van der Waals surface area contributed by atoms with Gasteiger partial charge in [0.2, 0.25) is 0 Å². The van der Waals surface area contributed by atoms with Crippen molar-refractivity contribution in [3.05, 3.63) is 0 Å². The maximum atomic E-state index is 2.89. The van der Waals surface area contributed by atoms with Gasteiger partial charge in [0.1, 0.15) is 0 Å². The van der Waals surface area contributed by atoms with E-state index in [-0.39, 0.29) is 0 Å². The van der Waals surface area contributed by atoms with Crippen LogP contribution in [0.2, 0.25) is 0 Å². The summed E-state index contributed by atoms with van der Waals surface area (Å²) in [5.41, 5.74) is 0. The molecule has 0 bridgehead atoms. The van der Waals surface area contributed by atoms with E-state index in [9.17, 15) is 0 Å².